The summed E-state index contributed by atoms with van der Waals surface area (Å²) in [5.41, 5.74) is -0.711. The van der Waals surface area contributed by atoms with Gasteiger partial charge in [0.1, 0.15) is 5.54 Å². The average Bonchev–Trinajstić information content (AvgIpc) is 2.52. The van der Waals surface area contributed by atoms with Gasteiger partial charge in [-0.2, -0.15) is 11.8 Å². The van der Waals surface area contributed by atoms with Crippen LogP contribution in [0.5, 0.6) is 0 Å². The smallest absolute Gasteiger partial charge is 0.248 e. The molecule has 2 amide bonds. The molecule has 0 spiro atoms. The zero-order chi connectivity index (χ0) is 13.9. The highest BCUT2D eigenvalue weighted by Gasteiger charge is 2.39. The van der Waals surface area contributed by atoms with Crippen molar-refractivity contribution in [2.45, 2.75) is 45.1 Å². The highest BCUT2D eigenvalue weighted by molar-refractivity contribution is 7.99. The van der Waals surface area contributed by atoms with E-state index in [-0.39, 0.29) is 11.8 Å². The van der Waals surface area contributed by atoms with E-state index in [0.717, 1.165) is 6.54 Å². The Morgan fingerprint density at radius 3 is 2.68 bits per heavy atom. The molecule has 0 aromatic rings. The van der Waals surface area contributed by atoms with Crippen LogP contribution in [-0.4, -0.2) is 46.8 Å². The van der Waals surface area contributed by atoms with Crippen LogP contribution in [-0.2, 0) is 9.59 Å². The van der Waals surface area contributed by atoms with Gasteiger partial charge >= 0.3 is 0 Å². The Morgan fingerprint density at radius 2 is 2.05 bits per heavy atom. The highest BCUT2D eigenvalue weighted by atomic mass is 32.2. The monoisotopic (exact) mass is 284 g/mol. The fourth-order valence-electron chi connectivity index (χ4n) is 2.77. The molecule has 0 aromatic carbocycles. The lowest BCUT2D eigenvalue weighted by Crippen LogP contribution is -2.55. The highest BCUT2D eigenvalue weighted by Crippen LogP contribution is 2.25. The number of nitrogens with zero attached hydrogens (tertiary/aromatic N) is 1. The summed E-state index contributed by atoms with van der Waals surface area (Å²) in [6.45, 7) is 5.20. The van der Waals surface area contributed by atoms with E-state index in [0.29, 0.717) is 25.3 Å². The van der Waals surface area contributed by atoms with Crippen LogP contribution in [0.1, 0.15) is 39.5 Å². The molecule has 2 heterocycles. The van der Waals surface area contributed by atoms with Crippen molar-refractivity contribution in [3.63, 3.8) is 0 Å². The maximum absolute atomic E-state index is 12.6. The third-order valence-electron chi connectivity index (χ3n) is 4.31. The molecule has 1 atom stereocenters. The standard InChI is InChI=1S/C14H24N2O2S/c1-3-14(2)13(18)16(7-4-12(17)15-14)10-11-5-8-19-9-6-11/h11H,3-10H2,1-2H3,(H,15,17). The fraction of sp³-hybridized carbons (Fsp3) is 0.857. The van der Waals surface area contributed by atoms with E-state index >= 15 is 0 Å². The second kappa shape index (κ2) is 6.16. The predicted molar refractivity (Wildman–Crippen MR) is 78.1 cm³/mol. The first-order valence-corrected chi connectivity index (χ1v) is 8.39. The molecule has 2 aliphatic rings. The molecule has 1 N–H and O–H groups in total. The van der Waals surface area contributed by atoms with Crippen molar-refractivity contribution in [1.29, 1.82) is 0 Å². The van der Waals surface area contributed by atoms with Crippen molar-refractivity contribution < 1.29 is 9.59 Å². The Balaban J connectivity index is 2.05. The molecule has 0 radical (unpaired) electrons. The van der Waals surface area contributed by atoms with Gasteiger partial charge in [-0.25, -0.2) is 0 Å². The molecule has 5 heteroatoms. The largest absolute Gasteiger partial charge is 0.342 e. The summed E-state index contributed by atoms with van der Waals surface area (Å²) >= 11 is 2.00. The number of thioether (sulfide) groups is 1. The first-order chi connectivity index (χ1) is 9.05. The number of nitrogens with one attached hydrogen (secondary N) is 1. The molecule has 108 valence electrons. The van der Waals surface area contributed by atoms with Crippen LogP contribution in [0.4, 0.5) is 0 Å². The quantitative estimate of drug-likeness (QED) is 0.857. The van der Waals surface area contributed by atoms with Crippen LogP contribution in [0.25, 0.3) is 0 Å². The molecule has 2 fully saturated rings. The zero-order valence-electron chi connectivity index (χ0n) is 11.9. The normalized spacial score (nSPS) is 30.1. The van der Waals surface area contributed by atoms with E-state index in [9.17, 15) is 9.59 Å². The fourth-order valence-corrected chi connectivity index (χ4v) is 3.97. The van der Waals surface area contributed by atoms with Gasteiger partial charge in [0.15, 0.2) is 0 Å². The Kier molecular flexibility index (Phi) is 4.76. The number of hydrogen-bond donors (Lipinski definition) is 1. The second-order valence-electron chi connectivity index (χ2n) is 5.79. The van der Waals surface area contributed by atoms with Crippen LogP contribution in [0.15, 0.2) is 0 Å². The maximum atomic E-state index is 12.6. The molecule has 0 aliphatic carbocycles. The minimum absolute atomic E-state index is 0.000556. The van der Waals surface area contributed by atoms with E-state index in [1.165, 1.54) is 24.3 Å². The summed E-state index contributed by atoms with van der Waals surface area (Å²) in [7, 11) is 0. The van der Waals surface area contributed by atoms with Crippen LogP contribution >= 0.6 is 11.8 Å². The lowest BCUT2D eigenvalue weighted by atomic mass is 9.95. The first kappa shape index (κ1) is 14.7. The van der Waals surface area contributed by atoms with Gasteiger partial charge in [-0.1, -0.05) is 6.92 Å². The van der Waals surface area contributed by atoms with Crippen LogP contribution in [0, 0.1) is 5.92 Å². The Morgan fingerprint density at radius 1 is 1.37 bits per heavy atom. The predicted octanol–water partition coefficient (Wildman–Crippen LogP) is 1.65. The van der Waals surface area contributed by atoms with E-state index in [2.05, 4.69) is 5.32 Å². The molecule has 4 nitrogen and oxygen atoms in total. The average molecular weight is 284 g/mol. The molecule has 19 heavy (non-hydrogen) atoms. The van der Waals surface area contributed by atoms with Gasteiger partial charge in [-0.3, -0.25) is 9.59 Å². The molecule has 0 bridgehead atoms. The lowest BCUT2D eigenvalue weighted by Gasteiger charge is -2.34. The minimum Gasteiger partial charge on any atom is -0.342 e. The summed E-state index contributed by atoms with van der Waals surface area (Å²) in [5.74, 6) is 3.11. The van der Waals surface area contributed by atoms with Crippen molar-refractivity contribution in [2.24, 2.45) is 5.92 Å². The van der Waals surface area contributed by atoms with Gasteiger partial charge in [0, 0.05) is 19.5 Å². The van der Waals surface area contributed by atoms with Crippen molar-refractivity contribution in [1.82, 2.24) is 10.2 Å². The second-order valence-corrected chi connectivity index (χ2v) is 7.02. The van der Waals surface area contributed by atoms with Gasteiger partial charge in [-0.05, 0) is 43.6 Å². The van der Waals surface area contributed by atoms with E-state index < -0.39 is 5.54 Å². The topological polar surface area (TPSA) is 49.4 Å². The van der Waals surface area contributed by atoms with Crippen molar-refractivity contribution in [2.75, 3.05) is 24.6 Å². The summed E-state index contributed by atoms with van der Waals surface area (Å²) in [6, 6.07) is 0. The third-order valence-corrected chi connectivity index (χ3v) is 5.36. The number of carbonyl (C=O) groups is 2. The minimum atomic E-state index is -0.711. The third kappa shape index (κ3) is 3.44. The number of amides is 2. The van der Waals surface area contributed by atoms with Gasteiger partial charge in [-0.15, -0.1) is 0 Å². The molecule has 2 aliphatic heterocycles. The molecule has 2 rings (SSSR count). The van der Waals surface area contributed by atoms with E-state index in [4.69, 9.17) is 0 Å². The molecular formula is C14H24N2O2S. The molecular weight excluding hydrogens is 260 g/mol. The number of hydrogen-bond acceptors (Lipinski definition) is 3. The van der Waals surface area contributed by atoms with Gasteiger partial charge in [0.2, 0.25) is 11.8 Å². The maximum Gasteiger partial charge on any atom is 0.248 e. The number of carbonyl (C=O) groups excluding carboxylic acids is 2. The van der Waals surface area contributed by atoms with Crippen molar-refractivity contribution in [3.8, 4) is 0 Å². The molecule has 0 saturated carbocycles. The summed E-state index contributed by atoms with van der Waals surface area (Å²) < 4.78 is 0. The van der Waals surface area contributed by atoms with Crippen molar-refractivity contribution in [3.05, 3.63) is 0 Å². The summed E-state index contributed by atoms with van der Waals surface area (Å²) in [6.07, 6.45) is 3.47. The van der Waals surface area contributed by atoms with Crippen LogP contribution < -0.4 is 5.32 Å². The van der Waals surface area contributed by atoms with Crippen LogP contribution in [0.2, 0.25) is 0 Å². The lowest BCUT2D eigenvalue weighted by molar-refractivity contribution is -0.138. The van der Waals surface area contributed by atoms with Gasteiger partial charge < -0.3 is 10.2 Å². The molecule has 0 aromatic heterocycles. The summed E-state index contributed by atoms with van der Waals surface area (Å²) in [4.78, 5) is 26.3. The van der Waals surface area contributed by atoms with Crippen LogP contribution in [0.3, 0.4) is 0 Å². The van der Waals surface area contributed by atoms with E-state index in [1.54, 1.807) is 0 Å². The van der Waals surface area contributed by atoms with Gasteiger partial charge in [0.25, 0.3) is 0 Å². The van der Waals surface area contributed by atoms with Gasteiger partial charge in [0.05, 0.1) is 0 Å². The van der Waals surface area contributed by atoms with E-state index in [1.807, 2.05) is 30.5 Å². The Bertz CT molecular complexity index is 355. The first-order valence-electron chi connectivity index (χ1n) is 7.23. The zero-order valence-corrected chi connectivity index (χ0v) is 12.7. The number of rotatable bonds is 3. The Labute approximate surface area is 119 Å². The Hall–Kier alpha value is -0.710. The SMILES string of the molecule is CCC1(C)NC(=O)CCN(CC2CCSCC2)C1=O. The van der Waals surface area contributed by atoms with Crippen molar-refractivity contribution >= 4 is 23.6 Å². The summed E-state index contributed by atoms with van der Waals surface area (Å²) in [5, 5.41) is 2.89. The molecule has 1 unspecified atom stereocenters. The molecule has 2 saturated heterocycles.